The van der Waals surface area contributed by atoms with Crippen LogP contribution in [0.15, 0.2) is 30.3 Å². The first-order valence-corrected chi connectivity index (χ1v) is 9.67. The molecule has 0 saturated carbocycles. The minimum Gasteiger partial charge on any atom is -0.353 e. The molecule has 1 aromatic carbocycles. The summed E-state index contributed by atoms with van der Waals surface area (Å²) in [5.74, 6) is -0.0369. The van der Waals surface area contributed by atoms with Crippen LogP contribution in [-0.2, 0) is 4.79 Å². The lowest BCUT2D eigenvalue weighted by Gasteiger charge is -2.19. The number of thiazole rings is 1. The fraction of sp³-hybridized carbons (Fsp3) is 0.474. The Morgan fingerprint density at radius 1 is 1.21 bits per heavy atom. The lowest BCUT2D eigenvalue weighted by Crippen LogP contribution is -2.29. The average Bonchev–Trinajstić information content (AvgIpc) is 2.84. The van der Waals surface area contributed by atoms with Crippen molar-refractivity contribution < 1.29 is 4.79 Å². The van der Waals surface area contributed by atoms with Gasteiger partial charge in [0.2, 0.25) is 5.91 Å². The van der Waals surface area contributed by atoms with E-state index in [1.165, 1.54) is 38.8 Å². The zero-order valence-corrected chi connectivity index (χ0v) is 14.9. The molecule has 2 aromatic rings. The van der Waals surface area contributed by atoms with Crippen molar-refractivity contribution in [3.63, 3.8) is 0 Å². The highest BCUT2D eigenvalue weighted by molar-refractivity contribution is 7.19. The molecule has 0 bridgehead atoms. The first kappa shape index (κ1) is 17.1. The van der Waals surface area contributed by atoms with Gasteiger partial charge < -0.3 is 10.2 Å². The topological polar surface area (TPSA) is 45.2 Å². The molecule has 0 aliphatic carbocycles. The summed E-state index contributed by atoms with van der Waals surface area (Å²) < 4.78 is 1.15. The third kappa shape index (κ3) is 5.14. The molecule has 4 nitrogen and oxygen atoms in total. The van der Waals surface area contributed by atoms with E-state index in [0.717, 1.165) is 34.7 Å². The largest absolute Gasteiger partial charge is 0.353 e. The number of rotatable bonds is 6. The minimum atomic E-state index is -0.0369. The van der Waals surface area contributed by atoms with Crippen LogP contribution in [0.5, 0.6) is 0 Å². The second kappa shape index (κ2) is 8.94. The van der Waals surface area contributed by atoms with E-state index in [1.54, 1.807) is 23.5 Å². The van der Waals surface area contributed by atoms with Gasteiger partial charge in [-0.3, -0.25) is 4.79 Å². The number of amides is 1. The van der Waals surface area contributed by atoms with E-state index in [9.17, 15) is 4.79 Å². The molecule has 0 unspecified atom stereocenters. The van der Waals surface area contributed by atoms with E-state index in [2.05, 4.69) is 15.2 Å². The van der Waals surface area contributed by atoms with Gasteiger partial charge in [-0.15, -0.1) is 11.3 Å². The number of hydrogen-bond acceptors (Lipinski definition) is 4. The van der Waals surface area contributed by atoms with Crippen molar-refractivity contribution in [2.75, 3.05) is 26.2 Å². The Morgan fingerprint density at radius 3 is 2.79 bits per heavy atom. The zero-order valence-electron chi connectivity index (χ0n) is 14.0. The van der Waals surface area contributed by atoms with Crippen LogP contribution in [0.25, 0.3) is 16.3 Å². The average molecular weight is 343 g/mol. The summed E-state index contributed by atoms with van der Waals surface area (Å²) >= 11 is 1.60. The molecule has 24 heavy (non-hydrogen) atoms. The number of nitrogens with zero attached hydrogens (tertiary/aromatic N) is 2. The van der Waals surface area contributed by atoms with Gasteiger partial charge in [-0.25, -0.2) is 4.98 Å². The fourth-order valence-corrected chi connectivity index (χ4v) is 3.91. The Labute approximate surface area is 147 Å². The Kier molecular flexibility index (Phi) is 6.38. The Bertz CT molecular complexity index is 654. The lowest BCUT2D eigenvalue weighted by molar-refractivity contribution is -0.116. The molecule has 1 aromatic heterocycles. The number of fused-ring (bicyclic) bond motifs is 1. The summed E-state index contributed by atoms with van der Waals surface area (Å²) in [6, 6.07) is 8.02. The van der Waals surface area contributed by atoms with Gasteiger partial charge in [0.15, 0.2) is 0 Å². The molecule has 0 spiro atoms. The van der Waals surface area contributed by atoms with Gasteiger partial charge >= 0.3 is 0 Å². The number of likely N-dealkylation sites (tertiary alicyclic amines) is 1. The highest BCUT2D eigenvalue weighted by Crippen LogP contribution is 2.22. The molecular weight excluding hydrogens is 318 g/mol. The Hall–Kier alpha value is -1.72. The van der Waals surface area contributed by atoms with Crippen LogP contribution in [0, 0.1) is 0 Å². The van der Waals surface area contributed by atoms with Crippen molar-refractivity contribution in [1.82, 2.24) is 15.2 Å². The number of benzene rings is 1. The van der Waals surface area contributed by atoms with Crippen LogP contribution in [-0.4, -0.2) is 42.0 Å². The highest BCUT2D eigenvalue weighted by atomic mass is 32.1. The van der Waals surface area contributed by atoms with E-state index in [1.807, 2.05) is 24.3 Å². The van der Waals surface area contributed by atoms with Crippen LogP contribution in [0.3, 0.4) is 0 Å². The van der Waals surface area contributed by atoms with E-state index in [0.29, 0.717) is 0 Å². The van der Waals surface area contributed by atoms with Gasteiger partial charge in [-0.05, 0) is 57.1 Å². The number of hydrogen-bond donors (Lipinski definition) is 1. The van der Waals surface area contributed by atoms with Crippen molar-refractivity contribution in [1.29, 1.82) is 0 Å². The molecule has 1 N–H and O–H groups in total. The molecule has 0 atom stereocenters. The molecule has 3 rings (SSSR count). The molecular formula is C19H25N3OS. The number of nitrogens with one attached hydrogen (secondary N) is 1. The van der Waals surface area contributed by atoms with Crippen molar-refractivity contribution in [2.45, 2.75) is 32.1 Å². The lowest BCUT2D eigenvalue weighted by atomic mass is 10.2. The van der Waals surface area contributed by atoms with Gasteiger partial charge in [0, 0.05) is 12.6 Å². The molecule has 128 valence electrons. The van der Waals surface area contributed by atoms with Gasteiger partial charge in [0.05, 0.1) is 10.2 Å². The summed E-state index contributed by atoms with van der Waals surface area (Å²) in [5, 5.41) is 3.84. The van der Waals surface area contributed by atoms with Gasteiger partial charge in [-0.2, -0.15) is 0 Å². The zero-order chi connectivity index (χ0) is 16.6. The minimum absolute atomic E-state index is 0.0369. The van der Waals surface area contributed by atoms with Crippen molar-refractivity contribution in [3.05, 3.63) is 35.3 Å². The van der Waals surface area contributed by atoms with Gasteiger partial charge in [0.1, 0.15) is 5.01 Å². The number of para-hydroxylation sites is 1. The van der Waals surface area contributed by atoms with Crippen molar-refractivity contribution in [3.8, 4) is 0 Å². The SMILES string of the molecule is O=C(C=Cc1nc2ccccc2s1)NCCCN1CCCCCC1. The smallest absolute Gasteiger partial charge is 0.244 e. The first-order valence-electron chi connectivity index (χ1n) is 8.85. The highest BCUT2D eigenvalue weighted by Gasteiger charge is 2.08. The summed E-state index contributed by atoms with van der Waals surface area (Å²) in [6.07, 6.45) is 9.77. The van der Waals surface area contributed by atoms with Gasteiger partial charge in [0.25, 0.3) is 0 Å². The number of aromatic nitrogens is 1. The van der Waals surface area contributed by atoms with Gasteiger partial charge in [-0.1, -0.05) is 25.0 Å². The molecule has 1 fully saturated rings. The first-order chi connectivity index (χ1) is 11.8. The number of carbonyl (C=O) groups excluding carboxylic acids is 1. The van der Waals surface area contributed by atoms with Crippen LogP contribution in [0.1, 0.15) is 37.1 Å². The molecule has 1 aliphatic heterocycles. The van der Waals surface area contributed by atoms with E-state index < -0.39 is 0 Å². The number of carbonyl (C=O) groups is 1. The molecule has 1 amide bonds. The normalized spacial score (nSPS) is 16.5. The summed E-state index contributed by atoms with van der Waals surface area (Å²) in [7, 11) is 0. The van der Waals surface area contributed by atoms with Crippen LogP contribution < -0.4 is 5.32 Å². The quantitative estimate of drug-likeness (QED) is 0.643. The monoisotopic (exact) mass is 343 g/mol. The molecule has 1 saturated heterocycles. The molecule has 2 heterocycles. The third-order valence-corrected chi connectivity index (χ3v) is 5.34. The molecule has 5 heteroatoms. The Balaban J connectivity index is 1.38. The van der Waals surface area contributed by atoms with E-state index >= 15 is 0 Å². The third-order valence-electron chi connectivity index (χ3n) is 4.34. The molecule has 0 radical (unpaired) electrons. The second-order valence-electron chi connectivity index (χ2n) is 6.25. The summed E-state index contributed by atoms with van der Waals surface area (Å²) in [4.78, 5) is 18.9. The maximum Gasteiger partial charge on any atom is 0.244 e. The maximum atomic E-state index is 11.9. The Morgan fingerprint density at radius 2 is 2.00 bits per heavy atom. The van der Waals surface area contributed by atoms with Crippen molar-refractivity contribution in [2.24, 2.45) is 0 Å². The van der Waals surface area contributed by atoms with Crippen LogP contribution in [0.4, 0.5) is 0 Å². The van der Waals surface area contributed by atoms with E-state index in [4.69, 9.17) is 0 Å². The maximum absolute atomic E-state index is 11.9. The fourth-order valence-electron chi connectivity index (χ4n) is 3.04. The predicted octanol–water partition coefficient (Wildman–Crippen LogP) is 3.69. The van der Waals surface area contributed by atoms with Crippen LogP contribution >= 0.6 is 11.3 Å². The standard InChI is InChI=1S/C19H25N3OS/c23-18(20-12-7-15-22-13-5-1-2-6-14-22)10-11-19-21-16-8-3-4-9-17(16)24-19/h3-4,8-11H,1-2,5-7,12-15H2,(H,20,23). The van der Waals surface area contributed by atoms with Crippen LogP contribution in [0.2, 0.25) is 0 Å². The summed E-state index contributed by atoms with van der Waals surface area (Å²) in [5.41, 5.74) is 0.986. The second-order valence-corrected chi connectivity index (χ2v) is 7.32. The van der Waals surface area contributed by atoms with Crippen molar-refractivity contribution >= 4 is 33.5 Å². The van der Waals surface area contributed by atoms with E-state index in [-0.39, 0.29) is 5.91 Å². The predicted molar refractivity (Wildman–Crippen MR) is 101 cm³/mol. The summed E-state index contributed by atoms with van der Waals surface area (Å²) in [6.45, 7) is 4.25. The molecule has 1 aliphatic rings.